The summed E-state index contributed by atoms with van der Waals surface area (Å²) in [7, 11) is 0. The molecule has 1 heterocycles. The van der Waals surface area contributed by atoms with Gasteiger partial charge in [-0.1, -0.05) is 53.2 Å². The number of fused-ring (bicyclic) bond motifs is 1. The van der Waals surface area contributed by atoms with E-state index < -0.39 is 10.8 Å². The molecule has 0 saturated carbocycles. The fraction of sp³-hybridized carbons (Fsp3) is 0.0435. The lowest BCUT2D eigenvalue weighted by Crippen LogP contribution is -2.24. The van der Waals surface area contributed by atoms with E-state index in [-0.39, 0.29) is 22.0 Å². The molecule has 12 heteroatoms. The molecule has 4 aromatic rings. The first-order valence-electron chi connectivity index (χ1n) is 10.00. The average Bonchev–Trinajstić information content (AvgIpc) is 2.84. The fourth-order valence-corrected chi connectivity index (χ4v) is 4.24. The maximum absolute atomic E-state index is 13.2. The predicted octanol–water partition coefficient (Wildman–Crippen LogP) is 4.84. The molecule has 0 aliphatic carbocycles. The van der Waals surface area contributed by atoms with Crippen molar-refractivity contribution in [1.82, 2.24) is 15.0 Å². The number of para-hydroxylation sites is 1. The van der Waals surface area contributed by atoms with Crippen molar-refractivity contribution in [2.24, 2.45) is 5.10 Å². The highest BCUT2D eigenvalue weighted by atomic mass is 35.5. The number of benzene rings is 3. The lowest BCUT2D eigenvalue weighted by Gasteiger charge is -2.13. The standard InChI is InChI=1S/C23H15Cl2N5O4S/c24-15-6-8-16(9-7-15)29-22(32)17-3-1-2-4-19(17)27-23(29)35-13-21(31)28-26-12-14-5-10-18(25)20(11-14)30(33)34/h1-12H,13H2,(H,28,31). The number of nitrogens with zero attached hydrogens (tertiary/aromatic N) is 4. The van der Waals surface area contributed by atoms with Crippen molar-refractivity contribution >= 4 is 63.7 Å². The number of hydrogen-bond donors (Lipinski definition) is 1. The Kier molecular flexibility index (Phi) is 7.45. The summed E-state index contributed by atoms with van der Waals surface area (Å²) in [6.45, 7) is 0. The van der Waals surface area contributed by atoms with Crippen LogP contribution in [0.1, 0.15) is 5.56 Å². The Hall–Kier alpha value is -3.73. The highest BCUT2D eigenvalue weighted by molar-refractivity contribution is 7.99. The van der Waals surface area contributed by atoms with Crippen molar-refractivity contribution < 1.29 is 9.72 Å². The Balaban J connectivity index is 1.53. The fourth-order valence-electron chi connectivity index (χ4n) is 3.12. The van der Waals surface area contributed by atoms with Gasteiger partial charge in [-0.15, -0.1) is 0 Å². The van der Waals surface area contributed by atoms with Crippen LogP contribution in [0.15, 0.2) is 81.8 Å². The quantitative estimate of drug-likeness (QED) is 0.121. The highest BCUT2D eigenvalue weighted by Crippen LogP contribution is 2.25. The van der Waals surface area contributed by atoms with Crippen molar-refractivity contribution in [3.05, 3.63) is 103 Å². The van der Waals surface area contributed by atoms with E-state index in [0.29, 0.717) is 32.3 Å². The predicted molar refractivity (Wildman–Crippen MR) is 137 cm³/mol. The zero-order valence-corrected chi connectivity index (χ0v) is 20.0. The van der Waals surface area contributed by atoms with Gasteiger partial charge in [-0.25, -0.2) is 10.4 Å². The Bertz CT molecular complexity index is 1520. The number of nitro benzene ring substituents is 1. The number of rotatable bonds is 7. The molecule has 35 heavy (non-hydrogen) atoms. The van der Waals surface area contributed by atoms with Crippen LogP contribution in [0.4, 0.5) is 5.69 Å². The number of carbonyl (C=O) groups excluding carboxylic acids is 1. The normalized spacial score (nSPS) is 11.1. The Morgan fingerprint density at radius 3 is 2.63 bits per heavy atom. The first kappa shape index (κ1) is 24.4. The summed E-state index contributed by atoms with van der Waals surface area (Å²) in [5, 5.41) is 16.1. The van der Waals surface area contributed by atoms with Crippen LogP contribution in [0.2, 0.25) is 10.0 Å². The van der Waals surface area contributed by atoms with Gasteiger partial charge >= 0.3 is 0 Å². The van der Waals surface area contributed by atoms with E-state index in [9.17, 15) is 19.7 Å². The van der Waals surface area contributed by atoms with E-state index in [0.717, 1.165) is 11.8 Å². The maximum Gasteiger partial charge on any atom is 0.288 e. The van der Waals surface area contributed by atoms with Gasteiger partial charge in [0.1, 0.15) is 5.02 Å². The number of hydrazone groups is 1. The molecule has 4 rings (SSSR count). The van der Waals surface area contributed by atoms with E-state index in [1.54, 1.807) is 48.5 Å². The number of carbonyl (C=O) groups is 1. The minimum atomic E-state index is -0.605. The Morgan fingerprint density at radius 1 is 1.14 bits per heavy atom. The number of hydrogen-bond acceptors (Lipinski definition) is 7. The van der Waals surface area contributed by atoms with Gasteiger partial charge in [0, 0.05) is 16.7 Å². The van der Waals surface area contributed by atoms with Crippen molar-refractivity contribution in [3.8, 4) is 5.69 Å². The van der Waals surface area contributed by atoms with Crippen molar-refractivity contribution in [2.45, 2.75) is 5.16 Å². The minimum absolute atomic E-state index is 0.00204. The molecule has 0 radical (unpaired) electrons. The van der Waals surface area contributed by atoms with Crippen LogP contribution in [-0.2, 0) is 4.79 Å². The molecular formula is C23H15Cl2N5O4S. The number of halogens is 2. The monoisotopic (exact) mass is 527 g/mol. The second kappa shape index (κ2) is 10.7. The van der Waals surface area contributed by atoms with Crippen LogP contribution >= 0.6 is 35.0 Å². The van der Waals surface area contributed by atoms with Gasteiger partial charge in [0.2, 0.25) is 0 Å². The lowest BCUT2D eigenvalue weighted by atomic mass is 10.2. The average molecular weight is 528 g/mol. The van der Waals surface area contributed by atoms with Gasteiger partial charge in [0.25, 0.3) is 17.2 Å². The third-order valence-corrected chi connectivity index (χ3v) is 6.24. The van der Waals surface area contributed by atoms with Crippen molar-refractivity contribution in [2.75, 3.05) is 5.75 Å². The zero-order chi connectivity index (χ0) is 24.9. The molecule has 0 fully saturated rings. The topological polar surface area (TPSA) is 119 Å². The molecule has 0 spiro atoms. The van der Waals surface area contributed by atoms with Gasteiger partial charge in [-0.3, -0.25) is 24.3 Å². The molecule has 1 amide bonds. The molecule has 0 unspecified atom stereocenters. The highest BCUT2D eigenvalue weighted by Gasteiger charge is 2.15. The van der Waals surface area contributed by atoms with E-state index >= 15 is 0 Å². The molecule has 3 aromatic carbocycles. The van der Waals surface area contributed by atoms with Gasteiger partial charge < -0.3 is 0 Å². The second-order valence-corrected chi connectivity index (χ2v) is 8.86. The molecule has 0 atom stereocenters. The smallest absolute Gasteiger partial charge is 0.272 e. The van der Waals surface area contributed by atoms with Gasteiger partial charge in [0.15, 0.2) is 5.16 Å². The minimum Gasteiger partial charge on any atom is -0.272 e. The van der Waals surface area contributed by atoms with Crippen LogP contribution in [0, 0.1) is 10.1 Å². The summed E-state index contributed by atoms with van der Waals surface area (Å²) >= 11 is 12.8. The first-order valence-corrected chi connectivity index (χ1v) is 11.7. The molecule has 9 nitrogen and oxygen atoms in total. The molecular weight excluding hydrogens is 513 g/mol. The Labute approximate surface area is 212 Å². The maximum atomic E-state index is 13.2. The molecule has 1 aromatic heterocycles. The van der Waals surface area contributed by atoms with Crippen LogP contribution in [-0.4, -0.2) is 32.3 Å². The summed E-state index contributed by atoms with van der Waals surface area (Å²) in [6.07, 6.45) is 1.27. The number of nitrogens with one attached hydrogen (secondary N) is 1. The summed E-state index contributed by atoms with van der Waals surface area (Å²) in [5.41, 5.74) is 3.27. The summed E-state index contributed by atoms with van der Waals surface area (Å²) in [6, 6.07) is 17.8. The summed E-state index contributed by atoms with van der Waals surface area (Å²) in [5.74, 6) is -0.545. The van der Waals surface area contributed by atoms with E-state index in [2.05, 4.69) is 15.5 Å². The number of aromatic nitrogens is 2. The van der Waals surface area contributed by atoms with E-state index in [1.165, 1.54) is 29.0 Å². The number of nitro groups is 1. The summed E-state index contributed by atoms with van der Waals surface area (Å²) < 4.78 is 1.42. The molecule has 0 saturated heterocycles. The third kappa shape index (κ3) is 5.68. The molecule has 0 aliphatic heterocycles. The lowest BCUT2D eigenvalue weighted by molar-refractivity contribution is -0.384. The number of thioether (sulfide) groups is 1. The molecule has 176 valence electrons. The van der Waals surface area contributed by atoms with Crippen molar-refractivity contribution in [3.63, 3.8) is 0 Å². The van der Waals surface area contributed by atoms with Crippen LogP contribution in [0.25, 0.3) is 16.6 Å². The van der Waals surface area contributed by atoms with Crippen LogP contribution in [0.5, 0.6) is 0 Å². The molecule has 0 aliphatic rings. The van der Waals surface area contributed by atoms with E-state index in [4.69, 9.17) is 23.2 Å². The largest absolute Gasteiger partial charge is 0.288 e. The van der Waals surface area contributed by atoms with Crippen LogP contribution in [0.3, 0.4) is 0 Å². The molecule has 1 N–H and O–H groups in total. The third-order valence-electron chi connectivity index (χ3n) is 4.73. The first-order chi connectivity index (χ1) is 16.8. The van der Waals surface area contributed by atoms with Gasteiger partial charge in [-0.2, -0.15) is 5.10 Å². The summed E-state index contributed by atoms with van der Waals surface area (Å²) in [4.78, 5) is 40.5. The van der Waals surface area contributed by atoms with Crippen LogP contribution < -0.4 is 11.0 Å². The van der Waals surface area contributed by atoms with E-state index in [1.807, 2.05) is 0 Å². The number of amides is 1. The van der Waals surface area contributed by atoms with Crippen molar-refractivity contribution in [1.29, 1.82) is 0 Å². The second-order valence-electron chi connectivity index (χ2n) is 7.08. The van der Waals surface area contributed by atoms with Gasteiger partial charge in [-0.05, 0) is 42.5 Å². The van der Waals surface area contributed by atoms with Gasteiger partial charge in [0.05, 0.1) is 33.5 Å². The molecule has 0 bridgehead atoms. The Morgan fingerprint density at radius 2 is 1.89 bits per heavy atom. The zero-order valence-electron chi connectivity index (χ0n) is 17.7. The SMILES string of the molecule is O=C(CSc1nc2ccccc2c(=O)n1-c1ccc(Cl)cc1)NN=Cc1ccc(Cl)c([N+](=O)[O-])c1.